The number of hydrogen-bond acceptors (Lipinski definition) is 6. The summed E-state index contributed by atoms with van der Waals surface area (Å²) in [6, 6.07) is 1.87. The summed E-state index contributed by atoms with van der Waals surface area (Å²) in [6.07, 6.45) is 0.691. The molecule has 1 aliphatic heterocycles. The van der Waals surface area contributed by atoms with E-state index < -0.39 is 15.3 Å². The molecule has 3 heterocycles. The molecule has 0 aliphatic carbocycles. The molecule has 1 fully saturated rings. The van der Waals surface area contributed by atoms with Crippen LogP contribution in [0, 0.1) is 0 Å². The fraction of sp³-hybridized carbons (Fsp3) is 0.500. The van der Waals surface area contributed by atoms with E-state index in [-0.39, 0.29) is 24.9 Å². The molecule has 9 heteroatoms. The van der Waals surface area contributed by atoms with Gasteiger partial charge in [0, 0.05) is 35.5 Å². The van der Waals surface area contributed by atoms with Crippen molar-refractivity contribution in [2.24, 2.45) is 0 Å². The molecule has 0 spiro atoms. The number of likely N-dealkylation sites (tertiary alicyclic amines) is 1. The Morgan fingerprint density at radius 3 is 2.92 bits per heavy atom. The number of aromatic nitrogens is 1. The third-order valence-corrected chi connectivity index (χ3v) is 7.67. The number of thiophene rings is 1. The van der Waals surface area contributed by atoms with Gasteiger partial charge in [-0.1, -0.05) is 0 Å². The first kappa shape index (κ1) is 18.5. The van der Waals surface area contributed by atoms with Gasteiger partial charge in [-0.3, -0.25) is 4.79 Å². The van der Waals surface area contributed by atoms with Crippen LogP contribution in [-0.4, -0.2) is 48.6 Å². The Balaban J connectivity index is 1.60. The van der Waals surface area contributed by atoms with E-state index in [1.165, 1.54) is 11.3 Å². The summed E-state index contributed by atoms with van der Waals surface area (Å²) in [5.74, 6) is -0.0654. The molecule has 2 aromatic rings. The number of hydrogen-bond donors (Lipinski definition) is 1. The average molecular weight is 400 g/mol. The predicted molar refractivity (Wildman–Crippen MR) is 101 cm³/mol. The van der Waals surface area contributed by atoms with E-state index in [9.17, 15) is 13.2 Å². The Morgan fingerprint density at radius 1 is 1.44 bits per heavy atom. The van der Waals surface area contributed by atoms with E-state index in [1.54, 1.807) is 30.1 Å². The summed E-state index contributed by atoms with van der Waals surface area (Å²) in [6.45, 7) is 4.32. The van der Waals surface area contributed by atoms with E-state index in [0.717, 1.165) is 16.3 Å². The second-order valence-electron chi connectivity index (χ2n) is 6.40. The standard InChI is InChI=1S/C16H21N3O3S3/c1-11(2)18-25(21,22)14-3-5-19(8-14)15(20)7-13-10-24-16(17-13)12-4-6-23-9-12/h4,6,9-11,14,18H,3,5,7-8H2,1-2H3. The van der Waals surface area contributed by atoms with Crippen LogP contribution in [0.4, 0.5) is 0 Å². The Kier molecular flexibility index (Phi) is 5.57. The largest absolute Gasteiger partial charge is 0.341 e. The molecule has 6 nitrogen and oxygen atoms in total. The predicted octanol–water partition coefficient (Wildman–Crippen LogP) is 2.34. The van der Waals surface area contributed by atoms with Crippen LogP contribution in [-0.2, 0) is 21.2 Å². The van der Waals surface area contributed by atoms with Crippen LogP contribution in [0.25, 0.3) is 10.6 Å². The SMILES string of the molecule is CC(C)NS(=O)(=O)C1CCN(C(=O)Cc2csc(-c3ccsc3)n2)C1. The lowest BCUT2D eigenvalue weighted by molar-refractivity contribution is -0.129. The molecule has 1 unspecified atom stereocenters. The van der Waals surface area contributed by atoms with Crippen LogP contribution in [0.3, 0.4) is 0 Å². The number of rotatable bonds is 6. The van der Waals surface area contributed by atoms with Crippen LogP contribution in [0.15, 0.2) is 22.2 Å². The lowest BCUT2D eigenvalue weighted by Gasteiger charge is -2.17. The lowest BCUT2D eigenvalue weighted by atomic mass is 10.3. The van der Waals surface area contributed by atoms with Crippen LogP contribution >= 0.6 is 22.7 Å². The fourth-order valence-corrected chi connectivity index (χ4v) is 5.98. The smallest absolute Gasteiger partial charge is 0.228 e. The van der Waals surface area contributed by atoms with Crippen molar-refractivity contribution < 1.29 is 13.2 Å². The Morgan fingerprint density at radius 2 is 2.24 bits per heavy atom. The number of nitrogens with zero attached hydrogens (tertiary/aromatic N) is 2. The second-order valence-corrected chi connectivity index (χ2v) is 10.0. The van der Waals surface area contributed by atoms with Gasteiger partial charge in [-0.25, -0.2) is 18.1 Å². The first-order valence-corrected chi connectivity index (χ1v) is 11.5. The molecule has 3 rings (SSSR count). The number of sulfonamides is 1. The van der Waals surface area contributed by atoms with Gasteiger partial charge in [0.2, 0.25) is 15.9 Å². The van der Waals surface area contributed by atoms with Gasteiger partial charge >= 0.3 is 0 Å². The van der Waals surface area contributed by atoms with Crippen LogP contribution < -0.4 is 4.72 Å². The van der Waals surface area contributed by atoms with Crippen molar-refractivity contribution in [2.45, 2.75) is 38.0 Å². The molecule has 0 bridgehead atoms. The maximum Gasteiger partial charge on any atom is 0.228 e. The minimum atomic E-state index is -3.38. The molecule has 0 aromatic carbocycles. The molecule has 2 aromatic heterocycles. The van der Waals surface area contributed by atoms with Crippen LogP contribution in [0.1, 0.15) is 26.0 Å². The first-order valence-electron chi connectivity index (χ1n) is 8.11. The molecule has 1 amide bonds. The van der Waals surface area contributed by atoms with Gasteiger partial charge in [0.25, 0.3) is 0 Å². The quantitative estimate of drug-likeness (QED) is 0.809. The van der Waals surface area contributed by atoms with Crippen molar-refractivity contribution in [3.8, 4) is 10.6 Å². The maximum absolute atomic E-state index is 12.5. The molecular weight excluding hydrogens is 378 g/mol. The summed E-state index contributed by atoms with van der Waals surface area (Å²) in [7, 11) is -3.38. The first-order chi connectivity index (χ1) is 11.8. The molecule has 0 saturated carbocycles. The molecule has 1 N–H and O–H groups in total. The summed E-state index contributed by atoms with van der Waals surface area (Å²) < 4.78 is 27.1. The van der Waals surface area contributed by atoms with Gasteiger partial charge in [0.15, 0.2) is 0 Å². The van der Waals surface area contributed by atoms with Gasteiger partial charge in [0.05, 0.1) is 17.4 Å². The van der Waals surface area contributed by atoms with E-state index in [1.807, 2.05) is 22.2 Å². The number of thiazole rings is 1. The van der Waals surface area contributed by atoms with Gasteiger partial charge in [-0.2, -0.15) is 11.3 Å². The van der Waals surface area contributed by atoms with Gasteiger partial charge in [-0.15, -0.1) is 11.3 Å². The van der Waals surface area contributed by atoms with Crippen LogP contribution in [0.5, 0.6) is 0 Å². The Bertz CT molecular complexity index is 828. The van der Waals surface area contributed by atoms with Crippen molar-refractivity contribution in [3.05, 3.63) is 27.9 Å². The zero-order valence-corrected chi connectivity index (χ0v) is 16.6. The molecule has 25 heavy (non-hydrogen) atoms. The van der Waals surface area contributed by atoms with Crippen molar-refractivity contribution in [2.75, 3.05) is 13.1 Å². The minimum Gasteiger partial charge on any atom is -0.341 e. The molecule has 136 valence electrons. The lowest BCUT2D eigenvalue weighted by Crippen LogP contribution is -2.40. The molecule has 1 aliphatic rings. The van der Waals surface area contributed by atoms with Gasteiger partial charge < -0.3 is 4.90 Å². The third kappa shape index (κ3) is 4.46. The molecule has 0 radical (unpaired) electrons. The summed E-state index contributed by atoms with van der Waals surface area (Å²) in [5, 5.41) is 6.30. The highest BCUT2D eigenvalue weighted by Gasteiger charge is 2.35. The van der Waals surface area contributed by atoms with E-state index in [2.05, 4.69) is 9.71 Å². The highest BCUT2D eigenvalue weighted by molar-refractivity contribution is 7.90. The van der Waals surface area contributed by atoms with E-state index in [0.29, 0.717) is 13.0 Å². The number of carbonyl (C=O) groups excluding carboxylic acids is 1. The van der Waals surface area contributed by atoms with E-state index in [4.69, 9.17) is 0 Å². The maximum atomic E-state index is 12.5. The minimum absolute atomic E-state index is 0.0654. The summed E-state index contributed by atoms with van der Waals surface area (Å²) >= 11 is 3.14. The number of carbonyl (C=O) groups is 1. The average Bonchev–Trinajstić information content (AvgIpc) is 3.27. The highest BCUT2D eigenvalue weighted by atomic mass is 32.2. The van der Waals surface area contributed by atoms with E-state index >= 15 is 0 Å². The normalized spacial score (nSPS) is 18.2. The second kappa shape index (κ2) is 7.53. The van der Waals surface area contributed by atoms with Crippen molar-refractivity contribution >= 4 is 38.6 Å². The van der Waals surface area contributed by atoms with Crippen molar-refractivity contribution in [1.82, 2.24) is 14.6 Å². The molecule has 1 saturated heterocycles. The third-order valence-electron chi connectivity index (χ3n) is 3.99. The molecular formula is C16H21N3O3S3. The number of nitrogens with one attached hydrogen (secondary N) is 1. The summed E-state index contributed by atoms with van der Waals surface area (Å²) in [5.41, 5.74) is 1.81. The zero-order valence-electron chi connectivity index (χ0n) is 14.1. The fourth-order valence-electron chi connectivity index (χ4n) is 2.81. The number of amides is 1. The Hall–Kier alpha value is -1.29. The highest BCUT2D eigenvalue weighted by Crippen LogP contribution is 2.26. The van der Waals surface area contributed by atoms with Gasteiger partial charge in [0.1, 0.15) is 5.01 Å². The van der Waals surface area contributed by atoms with Crippen LogP contribution in [0.2, 0.25) is 0 Å². The molecule has 1 atom stereocenters. The monoisotopic (exact) mass is 399 g/mol. The summed E-state index contributed by atoms with van der Waals surface area (Å²) in [4.78, 5) is 18.6. The van der Waals surface area contributed by atoms with Crippen molar-refractivity contribution in [1.29, 1.82) is 0 Å². The zero-order chi connectivity index (χ0) is 18.0. The van der Waals surface area contributed by atoms with Crippen molar-refractivity contribution in [3.63, 3.8) is 0 Å². The Labute approximate surface area is 155 Å². The topological polar surface area (TPSA) is 79.4 Å². The van der Waals surface area contributed by atoms with Gasteiger partial charge in [-0.05, 0) is 31.7 Å².